The third-order valence-electron chi connectivity index (χ3n) is 2.90. The van der Waals surface area contributed by atoms with Crippen LogP contribution in [0, 0.1) is 5.92 Å². The Bertz CT molecular complexity index is 588. The smallest absolute Gasteiger partial charge is 0.250 e. The molecule has 0 aliphatic rings. The van der Waals surface area contributed by atoms with E-state index in [0.717, 1.165) is 4.88 Å². The van der Waals surface area contributed by atoms with Crippen molar-refractivity contribution in [3.8, 4) is 0 Å². The average molecular weight is 384 g/mol. The third kappa shape index (κ3) is 8.12. The Morgan fingerprint density at radius 3 is 2.52 bits per heavy atom. The average Bonchev–Trinajstić information content (AvgIpc) is 2.87. The van der Waals surface area contributed by atoms with E-state index in [0.29, 0.717) is 25.3 Å². The van der Waals surface area contributed by atoms with Gasteiger partial charge in [0.1, 0.15) is 4.21 Å². The summed E-state index contributed by atoms with van der Waals surface area (Å²) in [6.45, 7) is 6.46. The highest BCUT2D eigenvalue weighted by Gasteiger charge is 2.18. The zero-order valence-electron chi connectivity index (χ0n) is 13.7. The summed E-state index contributed by atoms with van der Waals surface area (Å²) in [5.74, 6) is 0.354. The molecular weight excluding hydrogens is 358 g/mol. The molecule has 0 saturated carbocycles. The van der Waals surface area contributed by atoms with Crippen molar-refractivity contribution in [2.45, 2.75) is 43.9 Å². The first kappa shape index (κ1) is 22.3. The summed E-state index contributed by atoms with van der Waals surface area (Å²) in [7, 11) is -3.51. The number of halogens is 1. The zero-order chi connectivity index (χ0) is 16.8. The van der Waals surface area contributed by atoms with Gasteiger partial charge in [-0.3, -0.25) is 4.79 Å². The van der Waals surface area contributed by atoms with Gasteiger partial charge in [-0.25, -0.2) is 13.1 Å². The maximum atomic E-state index is 12.1. The predicted molar refractivity (Wildman–Crippen MR) is 96.6 cm³/mol. The molecule has 4 N–H and O–H groups in total. The van der Waals surface area contributed by atoms with Gasteiger partial charge in [0, 0.05) is 30.4 Å². The monoisotopic (exact) mass is 383 g/mol. The van der Waals surface area contributed by atoms with Crippen LogP contribution in [0.5, 0.6) is 0 Å². The van der Waals surface area contributed by atoms with E-state index in [1.807, 2.05) is 13.8 Å². The van der Waals surface area contributed by atoms with Crippen LogP contribution < -0.4 is 15.8 Å². The molecule has 0 spiro atoms. The van der Waals surface area contributed by atoms with E-state index >= 15 is 0 Å². The Labute approximate surface area is 148 Å². The van der Waals surface area contributed by atoms with Crippen LogP contribution in [0.1, 0.15) is 32.1 Å². The van der Waals surface area contributed by atoms with Crippen LogP contribution in [-0.4, -0.2) is 33.5 Å². The quantitative estimate of drug-likeness (QED) is 0.601. The number of amides is 1. The number of rotatable bonds is 9. The fraction of sp³-hybridized carbons (Fsp3) is 0.643. The van der Waals surface area contributed by atoms with Crippen LogP contribution in [0.2, 0.25) is 0 Å². The molecule has 0 bridgehead atoms. The van der Waals surface area contributed by atoms with Crippen LogP contribution in [0.25, 0.3) is 0 Å². The Morgan fingerprint density at radius 1 is 1.30 bits per heavy atom. The topological polar surface area (TPSA) is 101 Å². The van der Waals surface area contributed by atoms with Crippen molar-refractivity contribution in [2.24, 2.45) is 11.7 Å². The minimum absolute atomic E-state index is 0. The summed E-state index contributed by atoms with van der Waals surface area (Å²) >= 11 is 1.22. The SMILES string of the molecule is CC(C)CC(=O)NCCc1ccc(S(=O)(=O)N[C@@H](C)CN)s1.Cl. The van der Waals surface area contributed by atoms with E-state index < -0.39 is 10.0 Å². The van der Waals surface area contributed by atoms with Gasteiger partial charge in [0.05, 0.1) is 0 Å². The fourth-order valence-corrected chi connectivity index (χ4v) is 4.40. The van der Waals surface area contributed by atoms with Crippen molar-refractivity contribution in [1.29, 1.82) is 0 Å². The van der Waals surface area contributed by atoms with Gasteiger partial charge < -0.3 is 11.1 Å². The predicted octanol–water partition coefficient (Wildman–Crippen LogP) is 1.50. The lowest BCUT2D eigenvalue weighted by molar-refractivity contribution is -0.121. The Morgan fingerprint density at radius 2 is 1.96 bits per heavy atom. The van der Waals surface area contributed by atoms with Crippen molar-refractivity contribution in [1.82, 2.24) is 10.0 Å². The Hall–Kier alpha value is -0.670. The number of carbonyl (C=O) groups excluding carboxylic acids is 1. The Kier molecular flexibility index (Phi) is 9.95. The minimum atomic E-state index is -3.51. The molecule has 1 aromatic rings. The maximum Gasteiger partial charge on any atom is 0.250 e. The summed E-state index contributed by atoms with van der Waals surface area (Å²) in [4.78, 5) is 12.5. The normalized spacial score (nSPS) is 12.7. The van der Waals surface area contributed by atoms with Crippen LogP contribution >= 0.6 is 23.7 Å². The second-order valence-corrected chi connectivity index (χ2v) is 8.79. The second-order valence-electron chi connectivity index (χ2n) is 5.68. The lowest BCUT2D eigenvalue weighted by atomic mass is 10.1. The number of thiophene rings is 1. The molecule has 134 valence electrons. The summed E-state index contributed by atoms with van der Waals surface area (Å²) in [5.41, 5.74) is 5.43. The van der Waals surface area contributed by atoms with Crippen molar-refractivity contribution in [2.75, 3.05) is 13.1 Å². The molecule has 6 nitrogen and oxygen atoms in total. The van der Waals surface area contributed by atoms with Gasteiger partial charge in [-0.1, -0.05) is 13.8 Å². The first-order valence-electron chi connectivity index (χ1n) is 7.32. The van der Waals surface area contributed by atoms with E-state index in [9.17, 15) is 13.2 Å². The maximum absolute atomic E-state index is 12.1. The number of nitrogens with two attached hydrogens (primary N) is 1. The summed E-state index contributed by atoms with van der Waals surface area (Å²) in [6.07, 6.45) is 1.13. The van der Waals surface area contributed by atoms with Gasteiger partial charge >= 0.3 is 0 Å². The molecular formula is C14H26ClN3O3S2. The first-order valence-corrected chi connectivity index (χ1v) is 9.62. The van der Waals surface area contributed by atoms with Gasteiger partial charge in [0.2, 0.25) is 15.9 Å². The van der Waals surface area contributed by atoms with Gasteiger partial charge in [0.15, 0.2) is 0 Å². The zero-order valence-corrected chi connectivity index (χ0v) is 16.1. The van der Waals surface area contributed by atoms with E-state index in [2.05, 4.69) is 10.0 Å². The molecule has 0 radical (unpaired) electrons. The van der Waals surface area contributed by atoms with Crippen LogP contribution in [0.3, 0.4) is 0 Å². The fourth-order valence-electron chi connectivity index (χ4n) is 1.78. The molecule has 1 atom stereocenters. The van der Waals surface area contributed by atoms with Gasteiger partial charge in [-0.05, 0) is 31.4 Å². The van der Waals surface area contributed by atoms with Crippen LogP contribution in [0.4, 0.5) is 0 Å². The molecule has 0 aliphatic heterocycles. The first-order chi connectivity index (χ1) is 10.2. The van der Waals surface area contributed by atoms with Gasteiger partial charge in [0.25, 0.3) is 0 Å². The molecule has 0 aliphatic carbocycles. The van der Waals surface area contributed by atoms with Crippen molar-refractivity contribution in [3.05, 3.63) is 17.0 Å². The summed E-state index contributed by atoms with van der Waals surface area (Å²) in [5, 5.41) is 2.84. The van der Waals surface area contributed by atoms with E-state index in [-0.39, 0.29) is 35.1 Å². The number of carbonyl (C=O) groups is 1. The number of hydrogen-bond acceptors (Lipinski definition) is 5. The molecule has 0 saturated heterocycles. The number of nitrogens with one attached hydrogen (secondary N) is 2. The summed E-state index contributed by atoms with van der Waals surface area (Å²) < 4.78 is 27.0. The molecule has 1 rings (SSSR count). The van der Waals surface area contributed by atoms with E-state index in [1.54, 1.807) is 19.1 Å². The van der Waals surface area contributed by atoms with Gasteiger partial charge in [-0.15, -0.1) is 23.7 Å². The third-order valence-corrected chi connectivity index (χ3v) is 6.13. The number of sulfonamides is 1. The highest BCUT2D eigenvalue weighted by Crippen LogP contribution is 2.22. The minimum Gasteiger partial charge on any atom is -0.356 e. The highest BCUT2D eigenvalue weighted by atomic mass is 35.5. The van der Waals surface area contributed by atoms with Crippen LogP contribution in [0.15, 0.2) is 16.3 Å². The molecule has 9 heteroatoms. The summed E-state index contributed by atoms with van der Waals surface area (Å²) in [6, 6.07) is 3.06. The van der Waals surface area contributed by atoms with Crippen molar-refractivity contribution >= 4 is 39.7 Å². The largest absolute Gasteiger partial charge is 0.356 e. The number of hydrogen-bond donors (Lipinski definition) is 3. The molecule has 0 aromatic carbocycles. The molecule has 1 aromatic heterocycles. The molecule has 0 fully saturated rings. The molecule has 23 heavy (non-hydrogen) atoms. The second kappa shape index (κ2) is 10.2. The molecule has 1 amide bonds. The van der Waals surface area contributed by atoms with Gasteiger partial charge in [-0.2, -0.15) is 0 Å². The van der Waals surface area contributed by atoms with E-state index in [1.165, 1.54) is 11.3 Å². The van der Waals surface area contributed by atoms with Crippen molar-refractivity contribution < 1.29 is 13.2 Å². The molecule has 1 heterocycles. The van der Waals surface area contributed by atoms with Crippen molar-refractivity contribution in [3.63, 3.8) is 0 Å². The Balaban J connectivity index is 0.00000484. The lowest BCUT2D eigenvalue weighted by Crippen LogP contribution is -2.37. The lowest BCUT2D eigenvalue weighted by Gasteiger charge is -2.10. The van der Waals surface area contributed by atoms with Crippen LogP contribution in [-0.2, 0) is 21.2 Å². The highest BCUT2D eigenvalue weighted by molar-refractivity contribution is 7.91. The standard InChI is InChI=1S/C14H25N3O3S2.ClH/c1-10(2)8-13(18)16-7-6-12-4-5-14(21-12)22(19,20)17-11(3)9-15;/h4-5,10-11,17H,6-9,15H2,1-3H3,(H,16,18);1H/t11-;/m0./s1. The van der Waals surface area contributed by atoms with E-state index in [4.69, 9.17) is 5.73 Å². The molecule has 0 unspecified atom stereocenters.